The first-order chi connectivity index (χ1) is 6.08. The lowest BCUT2D eigenvalue weighted by Gasteiger charge is -1.98. The number of hydrogen-bond donors (Lipinski definition) is 0. The maximum Gasteiger partial charge on any atom is 0.265 e. The van der Waals surface area contributed by atoms with E-state index in [-0.39, 0.29) is 4.90 Å². The highest BCUT2D eigenvalue weighted by Gasteiger charge is 2.14. The molecule has 1 aromatic rings. The summed E-state index contributed by atoms with van der Waals surface area (Å²) in [4.78, 5) is 2.21. The Morgan fingerprint density at radius 1 is 1.38 bits per heavy atom. The van der Waals surface area contributed by atoms with E-state index in [1.165, 1.54) is 6.07 Å². The van der Waals surface area contributed by atoms with Crippen LogP contribution in [0.4, 0.5) is 0 Å². The number of azide groups is 1. The molecule has 1 aromatic carbocycles. The Morgan fingerprint density at radius 3 is 2.54 bits per heavy atom. The summed E-state index contributed by atoms with van der Waals surface area (Å²) in [6.07, 6.45) is 0. The molecule has 13 heavy (non-hydrogen) atoms. The quantitative estimate of drug-likeness (QED) is 0.465. The van der Waals surface area contributed by atoms with Crippen molar-refractivity contribution in [3.63, 3.8) is 0 Å². The fraction of sp³-hybridized carbons (Fsp3) is 0. The number of hydrogen-bond acceptors (Lipinski definition) is 2. The van der Waals surface area contributed by atoms with Gasteiger partial charge in [0.1, 0.15) is 0 Å². The van der Waals surface area contributed by atoms with Gasteiger partial charge in [-0.25, -0.2) is 8.42 Å². The molecule has 0 atom stereocenters. The van der Waals surface area contributed by atoms with Crippen LogP contribution < -0.4 is 0 Å². The van der Waals surface area contributed by atoms with Crippen LogP contribution in [0, 0.1) is 0 Å². The summed E-state index contributed by atoms with van der Waals surface area (Å²) in [5.74, 6) is 0. The predicted octanol–water partition coefficient (Wildman–Crippen LogP) is 2.45. The summed E-state index contributed by atoms with van der Waals surface area (Å²) in [6.45, 7) is 0. The Morgan fingerprint density at radius 2 is 2.00 bits per heavy atom. The topological polar surface area (TPSA) is 82.9 Å². The molecule has 0 bridgehead atoms. The summed E-state index contributed by atoms with van der Waals surface area (Å²) in [7, 11) is -3.88. The maximum atomic E-state index is 11.2. The van der Waals surface area contributed by atoms with Gasteiger partial charge in [0.05, 0.1) is 4.90 Å². The molecule has 0 aliphatic rings. The molecular weight excluding hydrogens is 258 g/mol. The Balaban J connectivity index is 3.39. The van der Waals surface area contributed by atoms with E-state index in [0.29, 0.717) is 4.47 Å². The highest BCUT2D eigenvalue weighted by atomic mass is 79.9. The summed E-state index contributed by atoms with van der Waals surface area (Å²) in [6, 6.07) is 6.12. The predicted molar refractivity (Wildman–Crippen MR) is 50.5 cm³/mol. The molecule has 0 radical (unpaired) electrons. The van der Waals surface area contributed by atoms with Crippen molar-refractivity contribution in [1.82, 2.24) is 0 Å². The van der Waals surface area contributed by atoms with Crippen molar-refractivity contribution < 1.29 is 8.42 Å². The van der Waals surface area contributed by atoms with E-state index >= 15 is 0 Å². The van der Waals surface area contributed by atoms with E-state index in [2.05, 4.69) is 25.4 Å². The van der Waals surface area contributed by atoms with Crippen molar-refractivity contribution in [2.24, 2.45) is 4.52 Å². The average molecular weight is 262 g/mol. The minimum Gasteiger partial charge on any atom is -0.216 e. The van der Waals surface area contributed by atoms with Crippen molar-refractivity contribution >= 4 is 26.0 Å². The van der Waals surface area contributed by atoms with Crippen LogP contribution in [0.15, 0.2) is 38.2 Å². The van der Waals surface area contributed by atoms with Gasteiger partial charge in [-0.3, -0.25) is 0 Å². The molecule has 0 aliphatic heterocycles. The minimum atomic E-state index is -3.88. The third-order valence-corrected chi connectivity index (χ3v) is 3.41. The Labute approximate surface area is 83.2 Å². The zero-order chi connectivity index (χ0) is 9.90. The van der Waals surface area contributed by atoms with Crippen molar-refractivity contribution in [2.75, 3.05) is 0 Å². The molecule has 1 rings (SSSR count). The van der Waals surface area contributed by atoms with Crippen LogP contribution in [0.1, 0.15) is 0 Å². The fourth-order valence-electron chi connectivity index (χ4n) is 0.746. The second-order valence-corrected chi connectivity index (χ2v) is 4.48. The molecule has 0 unspecified atom stereocenters. The normalized spacial score (nSPS) is 10.5. The van der Waals surface area contributed by atoms with Gasteiger partial charge < -0.3 is 0 Å². The van der Waals surface area contributed by atoms with E-state index < -0.39 is 10.0 Å². The molecule has 68 valence electrons. The third-order valence-electron chi connectivity index (χ3n) is 1.26. The van der Waals surface area contributed by atoms with Crippen LogP contribution in [-0.4, -0.2) is 8.42 Å². The van der Waals surface area contributed by atoms with Crippen molar-refractivity contribution in [2.45, 2.75) is 4.90 Å². The van der Waals surface area contributed by atoms with Gasteiger partial charge in [-0.15, -0.1) is 0 Å². The van der Waals surface area contributed by atoms with Crippen LogP contribution in [0.2, 0.25) is 0 Å². The van der Waals surface area contributed by atoms with Crippen molar-refractivity contribution in [3.8, 4) is 0 Å². The first-order valence-electron chi connectivity index (χ1n) is 3.14. The highest BCUT2D eigenvalue weighted by molar-refractivity contribution is 9.10. The highest BCUT2D eigenvalue weighted by Crippen LogP contribution is 2.22. The Bertz CT molecular complexity index is 465. The number of rotatable bonds is 2. The van der Waals surface area contributed by atoms with E-state index in [1.54, 1.807) is 18.2 Å². The first kappa shape index (κ1) is 10.0. The number of sulfonamides is 1. The molecular formula is C6H4BrN3O2S. The molecule has 0 aliphatic carbocycles. The van der Waals surface area contributed by atoms with E-state index in [4.69, 9.17) is 5.53 Å². The second-order valence-electron chi connectivity index (χ2n) is 2.08. The van der Waals surface area contributed by atoms with Gasteiger partial charge in [-0.05, 0) is 33.6 Å². The lowest BCUT2D eigenvalue weighted by Crippen LogP contribution is -1.95. The molecule has 0 aromatic heterocycles. The molecule has 5 nitrogen and oxygen atoms in total. The lowest BCUT2D eigenvalue weighted by molar-refractivity contribution is 0.597. The average Bonchev–Trinajstić information content (AvgIpc) is 2.04. The van der Waals surface area contributed by atoms with Crippen LogP contribution >= 0.6 is 15.9 Å². The SMILES string of the molecule is [N-]=[N+]=NS(=O)(=O)c1ccccc1Br. The molecule has 0 amide bonds. The third kappa shape index (κ3) is 2.21. The largest absolute Gasteiger partial charge is 0.265 e. The maximum absolute atomic E-state index is 11.2. The number of nitrogens with zero attached hydrogens (tertiary/aromatic N) is 3. The van der Waals surface area contributed by atoms with Gasteiger partial charge in [0.2, 0.25) is 0 Å². The Hall–Kier alpha value is -1.04. The zero-order valence-corrected chi connectivity index (χ0v) is 8.66. The van der Waals surface area contributed by atoms with Crippen LogP contribution in [0.3, 0.4) is 0 Å². The summed E-state index contributed by atoms with van der Waals surface area (Å²) in [5.41, 5.74) is 8.02. The van der Waals surface area contributed by atoms with Crippen LogP contribution in [-0.2, 0) is 10.0 Å². The Kier molecular flexibility index (Phi) is 2.92. The van der Waals surface area contributed by atoms with Gasteiger partial charge in [0, 0.05) is 13.9 Å². The smallest absolute Gasteiger partial charge is 0.216 e. The minimum absolute atomic E-state index is 0.0344. The monoisotopic (exact) mass is 261 g/mol. The number of halogens is 1. The number of benzene rings is 1. The molecule has 0 N–H and O–H groups in total. The molecule has 0 saturated heterocycles. The second kappa shape index (κ2) is 3.78. The van der Waals surface area contributed by atoms with Crippen LogP contribution in [0.5, 0.6) is 0 Å². The van der Waals surface area contributed by atoms with Crippen molar-refractivity contribution in [3.05, 3.63) is 39.2 Å². The molecule has 0 heterocycles. The standard InChI is InChI=1S/C6H4BrN3O2S/c7-5-3-1-2-4-6(5)13(11,12)10-9-8/h1-4H. The van der Waals surface area contributed by atoms with Crippen molar-refractivity contribution in [1.29, 1.82) is 0 Å². The molecule has 0 fully saturated rings. The van der Waals surface area contributed by atoms with Gasteiger partial charge in [0.25, 0.3) is 10.0 Å². The van der Waals surface area contributed by atoms with E-state index in [0.717, 1.165) is 0 Å². The first-order valence-corrected chi connectivity index (χ1v) is 5.37. The van der Waals surface area contributed by atoms with E-state index in [1.807, 2.05) is 0 Å². The molecule has 0 spiro atoms. The molecule has 7 heteroatoms. The molecule has 0 saturated carbocycles. The summed E-state index contributed by atoms with van der Waals surface area (Å²) >= 11 is 3.04. The fourth-order valence-corrected chi connectivity index (χ4v) is 2.39. The van der Waals surface area contributed by atoms with Gasteiger partial charge in [-0.2, -0.15) is 0 Å². The van der Waals surface area contributed by atoms with E-state index in [9.17, 15) is 8.42 Å². The zero-order valence-electron chi connectivity index (χ0n) is 6.25. The van der Waals surface area contributed by atoms with Gasteiger partial charge in [0.15, 0.2) is 0 Å². The van der Waals surface area contributed by atoms with Crippen LogP contribution in [0.25, 0.3) is 10.4 Å². The summed E-state index contributed by atoms with van der Waals surface area (Å²) in [5, 5.41) is 0. The van der Waals surface area contributed by atoms with Gasteiger partial charge >= 0.3 is 0 Å². The summed E-state index contributed by atoms with van der Waals surface area (Å²) < 4.78 is 25.5. The van der Waals surface area contributed by atoms with Gasteiger partial charge in [-0.1, -0.05) is 12.1 Å². The lowest BCUT2D eigenvalue weighted by atomic mass is 10.4.